The fourth-order valence-corrected chi connectivity index (χ4v) is 5.43. The highest BCUT2D eigenvalue weighted by atomic mass is 16.5. The number of carbonyl (C=O) groups excluding carboxylic acids is 1. The Bertz CT molecular complexity index is 1280. The van der Waals surface area contributed by atoms with Crippen molar-refractivity contribution in [3.8, 4) is 17.2 Å². The number of hydrogen-bond acceptors (Lipinski definition) is 8. The van der Waals surface area contributed by atoms with Crippen LogP contribution in [0.5, 0.6) is 17.2 Å². The van der Waals surface area contributed by atoms with Gasteiger partial charge in [-0.05, 0) is 66.1 Å². The topological polar surface area (TPSA) is 102 Å². The Kier molecular flexibility index (Phi) is 9.74. The van der Waals surface area contributed by atoms with Gasteiger partial charge in [-0.2, -0.15) is 0 Å². The summed E-state index contributed by atoms with van der Waals surface area (Å²) < 4.78 is 23.5. The molecule has 5 rings (SSSR count). The quantitative estimate of drug-likeness (QED) is 0.305. The lowest BCUT2D eigenvalue weighted by molar-refractivity contribution is -0.0328. The standard InChI is InChI=1S/C32H39N3O6/c1-33-32(37)24-7-11-26(12-8-24)41-25-9-5-23(6-10-25)31-28(36)19-34-20-30(31)40-21-22-4-13-29-27(18-22)35(15-17-39-29)14-3-16-38-2/h4-13,18,28,30-31,34,36H,3,14-17,19-21H2,1-2H3,(H,33,37)/t28-,30+,31?/m1/s1. The van der Waals surface area contributed by atoms with E-state index in [0.29, 0.717) is 43.4 Å². The lowest BCUT2D eigenvalue weighted by Crippen LogP contribution is -2.49. The number of anilines is 1. The fraction of sp³-hybridized carbons (Fsp3) is 0.406. The summed E-state index contributed by atoms with van der Waals surface area (Å²) in [7, 11) is 3.33. The van der Waals surface area contributed by atoms with Gasteiger partial charge >= 0.3 is 0 Å². The summed E-state index contributed by atoms with van der Waals surface area (Å²) in [4.78, 5) is 14.1. The lowest BCUT2D eigenvalue weighted by atomic mass is 9.85. The minimum Gasteiger partial charge on any atom is -0.490 e. The molecule has 3 aromatic rings. The largest absolute Gasteiger partial charge is 0.490 e. The first kappa shape index (κ1) is 28.9. The van der Waals surface area contributed by atoms with Crippen molar-refractivity contribution in [2.45, 2.75) is 31.2 Å². The van der Waals surface area contributed by atoms with Gasteiger partial charge in [-0.1, -0.05) is 18.2 Å². The maximum atomic E-state index is 11.8. The molecule has 2 heterocycles. The Balaban J connectivity index is 1.23. The third-order valence-electron chi connectivity index (χ3n) is 7.58. The number of nitrogens with one attached hydrogen (secondary N) is 2. The molecular weight excluding hydrogens is 522 g/mol. The molecule has 3 aromatic carbocycles. The molecule has 0 aromatic heterocycles. The Morgan fingerprint density at radius 3 is 2.56 bits per heavy atom. The van der Waals surface area contributed by atoms with Crippen molar-refractivity contribution in [3.63, 3.8) is 0 Å². The van der Waals surface area contributed by atoms with Crippen molar-refractivity contribution in [1.29, 1.82) is 0 Å². The summed E-state index contributed by atoms with van der Waals surface area (Å²) in [5, 5.41) is 16.8. The second-order valence-electron chi connectivity index (χ2n) is 10.4. The van der Waals surface area contributed by atoms with E-state index in [4.69, 9.17) is 18.9 Å². The smallest absolute Gasteiger partial charge is 0.251 e. The normalized spacial score (nSPS) is 20.2. The van der Waals surface area contributed by atoms with Crippen LogP contribution in [0.15, 0.2) is 66.7 Å². The van der Waals surface area contributed by atoms with Crippen molar-refractivity contribution in [1.82, 2.24) is 10.6 Å². The van der Waals surface area contributed by atoms with E-state index in [1.165, 1.54) is 0 Å². The minimum atomic E-state index is -0.578. The molecule has 0 saturated carbocycles. The van der Waals surface area contributed by atoms with Crippen LogP contribution in [0.2, 0.25) is 0 Å². The van der Waals surface area contributed by atoms with E-state index >= 15 is 0 Å². The van der Waals surface area contributed by atoms with Gasteiger partial charge in [0.25, 0.3) is 5.91 Å². The highest BCUT2D eigenvalue weighted by Crippen LogP contribution is 2.34. The molecular formula is C32H39N3O6. The van der Waals surface area contributed by atoms with E-state index in [1.807, 2.05) is 36.4 Å². The summed E-state index contributed by atoms with van der Waals surface area (Å²) in [6.45, 7) is 4.76. The first-order valence-corrected chi connectivity index (χ1v) is 14.2. The highest BCUT2D eigenvalue weighted by molar-refractivity contribution is 5.94. The zero-order valence-electron chi connectivity index (χ0n) is 23.7. The third-order valence-corrected chi connectivity index (χ3v) is 7.58. The molecule has 9 nitrogen and oxygen atoms in total. The second kappa shape index (κ2) is 13.8. The molecule has 2 aliphatic heterocycles. The zero-order chi connectivity index (χ0) is 28.6. The van der Waals surface area contributed by atoms with E-state index in [-0.39, 0.29) is 17.9 Å². The van der Waals surface area contributed by atoms with Gasteiger partial charge in [0.05, 0.1) is 31.0 Å². The molecule has 1 unspecified atom stereocenters. The predicted octanol–water partition coefficient (Wildman–Crippen LogP) is 3.71. The van der Waals surface area contributed by atoms with Crippen LogP contribution >= 0.6 is 0 Å². The third kappa shape index (κ3) is 7.18. The zero-order valence-corrected chi connectivity index (χ0v) is 23.7. The lowest BCUT2D eigenvalue weighted by Gasteiger charge is -2.36. The molecule has 3 atom stereocenters. The number of rotatable bonds is 11. The molecule has 0 spiro atoms. The molecule has 3 N–H and O–H groups in total. The molecule has 0 aliphatic carbocycles. The van der Waals surface area contributed by atoms with Gasteiger partial charge in [0, 0.05) is 51.9 Å². The van der Waals surface area contributed by atoms with Crippen LogP contribution in [-0.4, -0.2) is 76.8 Å². The van der Waals surface area contributed by atoms with Gasteiger partial charge in [0.2, 0.25) is 0 Å². The van der Waals surface area contributed by atoms with Gasteiger partial charge in [0.1, 0.15) is 23.9 Å². The number of piperidine rings is 1. The van der Waals surface area contributed by atoms with Crippen LogP contribution in [0.1, 0.15) is 33.8 Å². The summed E-state index contributed by atoms with van der Waals surface area (Å²) >= 11 is 0. The molecule has 1 amide bonds. The molecule has 2 aliphatic rings. The number of aliphatic hydroxyl groups is 1. The van der Waals surface area contributed by atoms with Crippen LogP contribution < -0.4 is 25.0 Å². The summed E-state index contributed by atoms with van der Waals surface area (Å²) in [6, 6.07) is 21.0. The molecule has 9 heteroatoms. The highest BCUT2D eigenvalue weighted by Gasteiger charge is 2.34. The number of benzene rings is 3. The van der Waals surface area contributed by atoms with E-state index in [0.717, 1.165) is 48.7 Å². The fourth-order valence-electron chi connectivity index (χ4n) is 5.43. The van der Waals surface area contributed by atoms with Crippen LogP contribution in [-0.2, 0) is 16.1 Å². The Hall–Kier alpha value is -3.63. The SMILES string of the molecule is CNC(=O)c1ccc(Oc2ccc(C3[C@H](O)CNC[C@@H]3OCc3ccc4c(c3)N(CCCOC)CCO4)cc2)cc1. The number of hydrogen-bond donors (Lipinski definition) is 3. The van der Waals surface area contributed by atoms with Gasteiger partial charge in [-0.15, -0.1) is 0 Å². The van der Waals surface area contributed by atoms with Gasteiger partial charge < -0.3 is 39.6 Å². The summed E-state index contributed by atoms with van der Waals surface area (Å²) in [6.07, 6.45) is 0.177. The molecule has 0 bridgehead atoms. The number of fused-ring (bicyclic) bond motifs is 1. The average Bonchev–Trinajstić information content (AvgIpc) is 3.01. The number of β-amino-alcohol motifs (C(OH)–C–C–N with tert-alkyl or cyclic N) is 1. The van der Waals surface area contributed by atoms with Gasteiger partial charge in [-0.3, -0.25) is 4.79 Å². The van der Waals surface area contributed by atoms with Crippen molar-refractivity contribution in [3.05, 3.63) is 83.4 Å². The van der Waals surface area contributed by atoms with Crippen molar-refractivity contribution in [2.75, 3.05) is 58.5 Å². The monoisotopic (exact) mass is 561 g/mol. The summed E-state index contributed by atoms with van der Waals surface area (Å²) in [5.41, 5.74) is 3.72. The van der Waals surface area contributed by atoms with Gasteiger partial charge in [0.15, 0.2) is 0 Å². The maximum Gasteiger partial charge on any atom is 0.251 e. The van der Waals surface area contributed by atoms with Crippen LogP contribution in [0.4, 0.5) is 5.69 Å². The van der Waals surface area contributed by atoms with Crippen LogP contribution in [0, 0.1) is 0 Å². The second-order valence-corrected chi connectivity index (χ2v) is 10.4. The number of ether oxygens (including phenoxy) is 4. The number of aliphatic hydroxyl groups excluding tert-OH is 1. The number of carbonyl (C=O) groups is 1. The molecule has 41 heavy (non-hydrogen) atoms. The number of nitrogens with zero attached hydrogens (tertiary/aromatic N) is 1. The minimum absolute atomic E-state index is 0.140. The summed E-state index contributed by atoms with van der Waals surface area (Å²) in [5.74, 6) is 1.90. The van der Waals surface area contributed by atoms with Crippen molar-refractivity contribution in [2.24, 2.45) is 0 Å². The molecule has 1 fully saturated rings. The number of methoxy groups -OCH3 is 1. The Labute approximate surface area is 241 Å². The molecule has 218 valence electrons. The van der Waals surface area contributed by atoms with Crippen molar-refractivity contribution >= 4 is 11.6 Å². The first-order valence-electron chi connectivity index (χ1n) is 14.2. The first-order chi connectivity index (χ1) is 20.1. The molecule has 0 radical (unpaired) electrons. The van der Waals surface area contributed by atoms with Crippen molar-refractivity contribution < 1.29 is 28.8 Å². The Morgan fingerprint density at radius 1 is 1.07 bits per heavy atom. The number of amides is 1. The van der Waals surface area contributed by atoms with E-state index < -0.39 is 6.10 Å². The average molecular weight is 562 g/mol. The van der Waals surface area contributed by atoms with E-state index in [9.17, 15) is 9.90 Å². The molecule has 1 saturated heterocycles. The van der Waals surface area contributed by atoms with E-state index in [1.54, 1.807) is 38.4 Å². The van der Waals surface area contributed by atoms with Gasteiger partial charge in [-0.25, -0.2) is 0 Å². The van der Waals surface area contributed by atoms with E-state index in [2.05, 4.69) is 21.6 Å². The van der Waals surface area contributed by atoms with Crippen LogP contribution in [0.3, 0.4) is 0 Å². The Morgan fingerprint density at radius 2 is 1.83 bits per heavy atom. The van der Waals surface area contributed by atoms with Crippen LogP contribution in [0.25, 0.3) is 0 Å². The maximum absolute atomic E-state index is 11.8. The predicted molar refractivity (Wildman–Crippen MR) is 157 cm³/mol.